The number of carbonyl (C=O) groups is 1. The van der Waals surface area contributed by atoms with E-state index < -0.39 is 14.9 Å². The Labute approximate surface area is 193 Å². The van der Waals surface area contributed by atoms with Gasteiger partial charge < -0.3 is 15.0 Å². The summed E-state index contributed by atoms with van der Waals surface area (Å²) in [6.07, 6.45) is 1.12. The van der Waals surface area contributed by atoms with Crippen molar-refractivity contribution in [1.82, 2.24) is 4.72 Å². The number of carbonyl (C=O) groups excluding carboxylic acids is 1. The predicted molar refractivity (Wildman–Crippen MR) is 125 cm³/mol. The summed E-state index contributed by atoms with van der Waals surface area (Å²) in [7, 11) is -2.19. The van der Waals surface area contributed by atoms with Crippen LogP contribution in [0.4, 0.5) is 17.1 Å². The molecular formula is C22H28N4O6S. The third-order valence-electron chi connectivity index (χ3n) is 5.49. The zero-order chi connectivity index (χ0) is 24.0. The lowest BCUT2D eigenvalue weighted by molar-refractivity contribution is -0.384. The topological polar surface area (TPSA) is 131 Å². The molecule has 1 fully saturated rings. The lowest BCUT2D eigenvalue weighted by atomic mass is 9.95. The van der Waals surface area contributed by atoms with E-state index in [0.717, 1.165) is 0 Å². The number of benzene rings is 2. The van der Waals surface area contributed by atoms with Crippen molar-refractivity contribution in [1.29, 1.82) is 0 Å². The number of rotatable bonds is 9. The Morgan fingerprint density at radius 3 is 2.42 bits per heavy atom. The molecule has 0 radical (unpaired) electrons. The van der Waals surface area contributed by atoms with Gasteiger partial charge in [-0.2, -0.15) is 0 Å². The van der Waals surface area contributed by atoms with Crippen LogP contribution < -0.4 is 14.9 Å². The van der Waals surface area contributed by atoms with Gasteiger partial charge in [0.05, 0.1) is 16.4 Å². The van der Waals surface area contributed by atoms with Gasteiger partial charge in [0, 0.05) is 43.9 Å². The molecule has 2 aromatic rings. The fourth-order valence-electron chi connectivity index (χ4n) is 3.85. The van der Waals surface area contributed by atoms with Crippen LogP contribution in [0, 0.1) is 16.0 Å². The standard InChI is InChI=1S/C22H28N4O6S/c1-16(15-32-2)24-33(30,31)19-9-7-18(8-10-19)23-22(27)17-11-13-25(14-12-17)20-5-3-4-6-21(20)26(28)29/h3-10,16-17,24H,11-15H2,1-2H3,(H,23,27). The van der Waals surface area contributed by atoms with Crippen molar-refractivity contribution in [2.75, 3.05) is 37.0 Å². The minimum Gasteiger partial charge on any atom is -0.383 e. The van der Waals surface area contributed by atoms with Gasteiger partial charge >= 0.3 is 0 Å². The zero-order valence-electron chi connectivity index (χ0n) is 18.6. The molecule has 0 spiro atoms. The summed E-state index contributed by atoms with van der Waals surface area (Å²) >= 11 is 0. The summed E-state index contributed by atoms with van der Waals surface area (Å²) in [6.45, 7) is 3.03. The van der Waals surface area contributed by atoms with Crippen LogP contribution in [0.3, 0.4) is 0 Å². The Morgan fingerprint density at radius 1 is 1.18 bits per heavy atom. The quantitative estimate of drug-likeness (QED) is 0.420. The maximum Gasteiger partial charge on any atom is 0.292 e. The van der Waals surface area contributed by atoms with E-state index in [1.54, 1.807) is 37.3 Å². The molecule has 0 saturated carbocycles. The molecule has 0 bridgehead atoms. The molecule has 178 valence electrons. The SMILES string of the molecule is COCC(C)NS(=O)(=O)c1ccc(NC(=O)C2CCN(c3ccccc3[N+](=O)[O-])CC2)cc1. The lowest BCUT2D eigenvalue weighted by Crippen LogP contribution is -2.38. The third kappa shape index (κ3) is 6.28. The van der Waals surface area contributed by atoms with Crippen LogP contribution in [0.15, 0.2) is 53.4 Å². The molecule has 0 aromatic heterocycles. The number of hydrogen-bond donors (Lipinski definition) is 2. The Morgan fingerprint density at radius 2 is 1.82 bits per heavy atom. The number of piperidine rings is 1. The number of hydrogen-bond acceptors (Lipinski definition) is 7. The number of nitro groups is 1. The Bertz CT molecular complexity index is 1080. The molecule has 1 atom stereocenters. The number of methoxy groups -OCH3 is 1. The summed E-state index contributed by atoms with van der Waals surface area (Å²) in [5.74, 6) is -0.386. The number of amides is 1. The molecule has 11 heteroatoms. The predicted octanol–water partition coefficient (Wildman–Crippen LogP) is 2.76. The molecule has 1 heterocycles. The van der Waals surface area contributed by atoms with Crippen LogP contribution >= 0.6 is 0 Å². The number of nitrogens with one attached hydrogen (secondary N) is 2. The molecule has 10 nitrogen and oxygen atoms in total. The van der Waals surface area contributed by atoms with Crippen LogP contribution in [0.5, 0.6) is 0 Å². The second kappa shape index (κ2) is 10.7. The van der Waals surface area contributed by atoms with Crippen molar-refractivity contribution in [3.8, 4) is 0 Å². The summed E-state index contributed by atoms with van der Waals surface area (Å²) in [4.78, 5) is 25.6. The highest BCUT2D eigenvalue weighted by Gasteiger charge is 2.28. The fourth-order valence-corrected chi connectivity index (χ4v) is 5.08. The van der Waals surface area contributed by atoms with Crippen LogP contribution in [-0.2, 0) is 19.6 Å². The van der Waals surface area contributed by atoms with Crippen molar-refractivity contribution >= 4 is 33.0 Å². The van der Waals surface area contributed by atoms with Gasteiger partial charge in [-0.3, -0.25) is 14.9 Å². The largest absolute Gasteiger partial charge is 0.383 e. The van der Waals surface area contributed by atoms with E-state index in [2.05, 4.69) is 10.0 Å². The highest BCUT2D eigenvalue weighted by atomic mass is 32.2. The minimum atomic E-state index is -3.69. The van der Waals surface area contributed by atoms with Crippen molar-refractivity contribution in [3.63, 3.8) is 0 Å². The van der Waals surface area contributed by atoms with Gasteiger partial charge in [-0.15, -0.1) is 0 Å². The summed E-state index contributed by atoms with van der Waals surface area (Å²) in [5.41, 5.74) is 1.12. The zero-order valence-corrected chi connectivity index (χ0v) is 19.4. The van der Waals surface area contributed by atoms with Gasteiger partial charge in [0.1, 0.15) is 5.69 Å². The normalized spacial score (nSPS) is 15.8. The molecule has 1 unspecified atom stereocenters. The highest BCUT2D eigenvalue weighted by molar-refractivity contribution is 7.89. The van der Waals surface area contributed by atoms with E-state index in [1.807, 2.05) is 4.90 Å². The number of nitrogens with zero attached hydrogens (tertiary/aromatic N) is 2. The highest BCUT2D eigenvalue weighted by Crippen LogP contribution is 2.31. The maximum atomic E-state index is 12.7. The van der Waals surface area contributed by atoms with Crippen LogP contribution in [0.1, 0.15) is 19.8 Å². The first kappa shape index (κ1) is 24.6. The number of para-hydroxylation sites is 2. The van der Waals surface area contributed by atoms with E-state index in [-0.39, 0.29) is 35.1 Å². The molecule has 1 aliphatic rings. The van der Waals surface area contributed by atoms with E-state index in [9.17, 15) is 23.3 Å². The van der Waals surface area contributed by atoms with Gasteiger partial charge in [0.15, 0.2) is 0 Å². The van der Waals surface area contributed by atoms with Gasteiger partial charge in [-0.05, 0) is 50.1 Å². The Balaban J connectivity index is 1.57. The van der Waals surface area contributed by atoms with E-state index in [4.69, 9.17) is 4.74 Å². The van der Waals surface area contributed by atoms with E-state index in [1.165, 1.54) is 25.3 Å². The Kier molecular flexibility index (Phi) is 8.01. The smallest absolute Gasteiger partial charge is 0.292 e. The molecule has 33 heavy (non-hydrogen) atoms. The van der Waals surface area contributed by atoms with Gasteiger partial charge in [-0.25, -0.2) is 13.1 Å². The molecule has 2 aromatic carbocycles. The molecule has 1 saturated heterocycles. The monoisotopic (exact) mass is 476 g/mol. The first-order chi connectivity index (χ1) is 15.7. The third-order valence-corrected chi connectivity index (χ3v) is 7.10. The second-order valence-corrected chi connectivity index (χ2v) is 9.71. The molecule has 0 aliphatic carbocycles. The van der Waals surface area contributed by atoms with Crippen molar-refractivity contribution in [2.24, 2.45) is 5.92 Å². The molecule has 1 amide bonds. The van der Waals surface area contributed by atoms with Gasteiger partial charge in [-0.1, -0.05) is 12.1 Å². The van der Waals surface area contributed by atoms with Gasteiger partial charge in [0.2, 0.25) is 15.9 Å². The van der Waals surface area contributed by atoms with E-state index >= 15 is 0 Å². The number of anilines is 2. The summed E-state index contributed by atoms with van der Waals surface area (Å²) in [6, 6.07) is 12.2. The maximum absolute atomic E-state index is 12.7. The number of ether oxygens (including phenoxy) is 1. The number of sulfonamides is 1. The molecule has 3 rings (SSSR count). The average molecular weight is 477 g/mol. The van der Waals surface area contributed by atoms with Crippen LogP contribution in [0.2, 0.25) is 0 Å². The summed E-state index contributed by atoms with van der Waals surface area (Å²) in [5, 5.41) is 14.1. The van der Waals surface area contributed by atoms with Crippen molar-refractivity contribution < 1.29 is 22.9 Å². The van der Waals surface area contributed by atoms with Crippen LogP contribution in [-0.4, -0.2) is 52.1 Å². The second-order valence-electron chi connectivity index (χ2n) is 8.00. The fraction of sp³-hybridized carbons (Fsp3) is 0.409. The van der Waals surface area contributed by atoms with Gasteiger partial charge in [0.25, 0.3) is 5.69 Å². The van der Waals surface area contributed by atoms with Crippen LogP contribution in [0.25, 0.3) is 0 Å². The van der Waals surface area contributed by atoms with Crippen molar-refractivity contribution in [3.05, 3.63) is 58.6 Å². The van der Waals surface area contributed by atoms with E-state index in [0.29, 0.717) is 37.3 Å². The summed E-state index contributed by atoms with van der Waals surface area (Å²) < 4.78 is 32.3. The molecule has 2 N–H and O–H groups in total. The van der Waals surface area contributed by atoms with Crippen molar-refractivity contribution in [2.45, 2.75) is 30.7 Å². The molecular weight excluding hydrogens is 448 g/mol. The minimum absolute atomic E-state index is 0.0570. The first-order valence-corrected chi connectivity index (χ1v) is 12.1. The first-order valence-electron chi connectivity index (χ1n) is 10.6. The molecule has 1 aliphatic heterocycles. The average Bonchev–Trinajstić information content (AvgIpc) is 2.79. The Hall–Kier alpha value is -3.02. The number of nitro benzene ring substituents is 1. The lowest BCUT2D eigenvalue weighted by Gasteiger charge is -2.32.